The van der Waals surface area contributed by atoms with Gasteiger partial charge in [-0.2, -0.15) is 0 Å². The Kier molecular flexibility index (Phi) is 36.7. The summed E-state index contributed by atoms with van der Waals surface area (Å²) in [7, 11) is 0. The normalized spacial score (nSPS) is 10.1. The molecule has 0 aromatic rings. The summed E-state index contributed by atoms with van der Waals surface area (Å²) in [6.07, 6.45) is 0. The van der Waals surface area contributed by atoms with Crippen LogP contribution in [0, 0.1) is 5.41 Å². The molecule has 0 heterocycles. The molecule has 0 aliphatic carbocycles. The molecule has 0 saturated carbocycles. The highest BCUT2D eigenvalue weighted by molar-refractivity contribution is 4.79. The molecule has 160 valence electrons. The van der Waals surface area contributed by atoms with E-state index in [1.54, 1.807) is 0 Å². The van der Waals surface area contributed by atoms with Gasteiger partial charge in [-0.1, -0.05) is 0 Å². The van der Waals surface area contributed by atoms with Crippen LogP contribution in [-0.2, 0) is 18.9 Å². The molecule has 0 aliphatic heterocycles. The van der Waals surface area contributed by atoms with E-state index in [2.05, 4.69) is 0 Å². The molecule has 12 heteroatoms. The highest BCUT2D eigenvalue weighted by Crippen LogP contribution is 2.20. The predicted octanol–water partition coefficient (Wildman–Crippen LogP) is -1.34. The Labute approximate surface area is 149 Å². The van der Waals surface area contributed by atoms with Crippen molar-refractivity contribution in [3.05, 3.63) is 0 Å². The Morgan fingerprint density at radius 3 is 0.800 bits per heavy atom. The zero-order valence-electron chi connectivity index (χ0n) is 15.2. The van der Waals surface area contributed by atoms with Gasteiger partial charge in [0.2, 0.25) is 0 Å². The molecule has 0 aromatic carbocycles. The van der Waals surface area contributed by atoms with Crippen molar-refractivity contribution in [1.82, 2.24) is 24.6 Å². The molecule has 0 aliphatic rings. The Morgan fingerprint density at radius 1 is 0.440 bits per heavy atom. The second kappa shape index (κ2) is 25.8. The Hall–Kier alpha value is -0.480. The van der Waals surface area contributed by atoms with Gasteiger partial charge in [0.1, 0.15) is 0 Å². The van der Waals surface area contributed by atoms with Crippen LogP contribution in [0.1, 0.15) is 0 Å². The molecule has 0 radical (unpaired) electrons. The fourth-order valence-corrected chi connectivity index (χ4v) is 1.66. The third kappa shape index (κ3) is 19.7. The van der Waals surface area contributed by atoms with Crippen LogP contribution in [0.4, 0.5) is 0 Å². The minimum absolute atomic E-state index is 0. The van der Waals surface area contributed by atoms with Crippen molar-refractivity contribution in [3.8, 4) is 0 Å². The van der Waals surface area contributed by atoms with Gasteiger partial charge in [0.25, 0.3) is 0 Å². The molecule has 0 aromatic heterocycles. The van der Waals surface area contributed by atoms with Gasteiger partial charge in [0.15, 0.2) is 0 Å². The monoisotopic (exact) mass is 380 g/mol. The molecule has 0 spiro atoms. The van der Waals surface area contributed by atoms with Crippen molar-refractivity contribution in [2.75, 3.05) is 79.3 Å². The van der Waals surface area contributed by atoms with Gasteiger partial charge >= 0.3 is 0 Å². The van der Waals surface area contributed by atoms with Gasteiger partial charge in [0.05, 0.1) is 84.7 Å². The summed E-state index contributed by atoms with van der Waals surface area (Å²) in [6.45, 7) is 1.28. The van der Waals surface area contributed by atoms with Crippen molar-refractivity contribution in [1.29, 1.82) is 0 Å². The summed E-state index contributed by atoms with van der Waals surface area (Å²) in [5.41, 5.74) is -0.630. The van der Waals surface area contributed by atoms with Crippen LogP contribution in [0.15, 0.2) is 0 Å². The number of ether oxygens (including phenoxy) is 4. The van der Waals surface area contributed by atoms with Crippen LogP contribution in [0.3, 0.4) is 0 Å². The summed E-state index contributed by atoms with van der Waals surface area (Å²) in [5, 5.41) is 35.2. The fraction of sp³-hybridized carbons (Fsp3) is 1.00. The van der Waals surface area contributed by atoms with Gasteiger partial charge < -0.3 is 64.0 Å². The average Bonchev–Trinajstić information content (AvgIpc) is 2.48. The summed E-state index contributed by atoms with van der Waals surface area (Å²) in [4.78, 5) is 0. The first-order valence-electron chi connectivity index (χ1n) is 6.99. The number of aliphatic hydroxyl groups is 4. The zero-order chi connectivity index (χ0) is 15.8. The molecule has 0 saturated heterocycles. The number of aliphatic hydroxyl groups excluding tert-OH is 4. The van der Waals surface area contributed by atoms with Crippen molar-refractivity contribution in [2.24, 2.45) is 5.41 Å². The summed E-state index contributed by atoms with van der Waals surface area (Å²) >= 11 is 0. The molecular weight excluding hydrogens is 340 g/mol. The van der Waals surface area contributed by atoms with Gasteiger partial charge in [-0.05, 0) is 0 Å². The van der Waals surface area contributed by atoms with Crippen LogP contribution in [-0.4, -0.2) is 99.7 Å². The lowest BCUT2D eigenvalue weighted by atomic mass is 9.92. The lowest BCUT2D eigenvalue weighted by Crippen LogP contribution is -2.42. The maximum absolute atomic E-state index is 8.79. The standard InChI is InChI=1S/C13H28O8.4H3N/c14-1-5-18-9-13(10-19-6-2-15,11-20-7-3-16)12-21-8-4-17;;;;/h14-17H,1-12H2;4*1H3. The summed E-state index contributed by atoms with van der Waals surface area (Å²) in [5.74, 6) is 0. The molecule has 16 N–H and O–H groups in total. The van der Waals surface area contributed by atoms with Crippen molar-refractivity contribution in [3.63, 3.8) is 0 Å². The van der Waals surface area contributed by atoms with E-state index in [4.69, 9.17) is 39.4 Å². The molecule has 0 atom stereocenters. The van der Waals surface area contributed by atoms with Crippen molar-refractivity contribution in [2.45, 2.75) is 0 Å². The van der Waals surface area contributed by atoms with E-state index in [0.717, 1.165) is 0 Å². The second-order valence-electron chi connectivity index (χ2n) is 4.60. The van der Waals surface area contributed by atoms with Crippen LogP contribution in [0.5, 0.6) is 0 Å². The first-order chi connectivity index (χ1) is 10.2. The number of hydrogen-bond acceptors (Lipinski definition) is 12. The highest BCUT2D eigenvalue weighted by Gasteiger charge is 2.32. The van der Waals surface area contributed by atoms with Crippen LogP contribution in [0.2, 0.25) is 0 Å². The number of rotatable bonds is 16. The Balaban J connectivity index is -0.000000333. The lowest BCUT2D eigenvalue weighted by molar-refractivity contribution is -0.115. The predicted molar refractivity (Wildman–Crippen MR) is 94.1 cm³/mol. The van der Waals surface area contributed by atoms with E-state index >= 15 is 0 Å². The molecule has 0 rings (SSSR count). The van der Waals surface area contributed by atoms with Crippen LogP contribution >= 0.6 is 0 Å². The van der Waals surface area contributed by atoms with Crippen molar-refractivity contribution >= 4 is 0 Å². The molecule has 25 heavy (non-hydrogen) atoms. The zero-order valence-corrected chi connectivity index (χ0v) is 15.2. The molecule has 0 bridgehead atoms. The molecule has 0 amide bonds. The highest BCUT2D eigenvalue weighted by atomic mass is 16.5. The average molecular weight is 380 g/mol. The maximum Gasteiger partial charge on any atom is 0.0698 e. The summed E-state index contributed by atoms with van der Waals surface area (Å²) in [6, 6.07) is 0. The molecular formula is C13H40N4O8. The summed E-state index contributed by atoms with van der Waals surface area (Å²) < 4.78 is 21.5. The minimum atomic E-state index is -0.630. The smallest absolute Gasteiger partial charge is 0.0698 e. The van der Waals surface area contributed by atoms with E-state index in [1.165, 1.54) is 0 Å². The van der Waals surface area contributed by atoms with E-state index in [1.807, 2.05) is 0 Å². The first-order valence-corrected chi connectivity index (χ1v) is 6.99. The Bertz CT molecular complexity index is 185. The van der Waals surface area contributed by atoms with E-state index in [0.29, 0.717) is 0 Å². The van der Waals surface area contributed by atoms with Gasteiger partial charge in [-0.15, -0.1) is 0 Å². The number of hydrogen-bond donors (Lipinski definition) is 8. The third-order valence-electron chi connectivity index (χ3n) is 2.58. The molecule has 0 unspecified atom stereocenters. The van der Waals surface area contributed by atoms with Crippen LogP contribution < -0.4 is 24.6 Å². The van der Waals surface area contributed by atoms with Crippen molar-refractivity contribution < 1.29 is 39.4 Å². The van der Waals surface area contributed by atoms with Gasteiger partial charge in [0, 0.05) is 0 Å². The van der Waals surface area contributed by atoms with Gasteiger partial charge in [-0.25, -0.2) is 0 Å². The van der Waals surface area contributed by atoms with Crippen LogP contribution in [0.25, 0.3) is 0 Å². The third-order valence-corrected chi connectivity index (χ3v) is 2.58. The topological polar surface area (TPSA) is 258 Å². The quantitative estimate of drug-likeness (QED) is 0.145. The maximum atomic E-state index is 8.79. The second-order valence-corrected chi connectivity index (χ2v) is 4.60. The Morgan fingerprint density at radius 2 is 0.640 bits per heavy atom. The fourth-order valence-electron chi connectivity index (χ4n) is 1.66. The molecule has 0 fully saturated rings. The van der Waals surface area contributed by atoms with Gasteiger partial charge in [-0.3, -0.25) is 0 Å². The van der Waals surface area contributed by atoms with E-state index in [-0.39, 0.29) is 104 Å². The minimum Gasteiger partial charge on any atom is -0.394 e. The van der Waals surface area contributed by atoms with E-state index < -0.39 is 5.41 Å². The lowest BCUT2D eigenvalue weighted by Gasteiger charge is -2.32. The SMILES string of the molecule is N.N.N.N.OCCOCC(COCCO)(COCCO)COCCO. The molecule has 12 nitrogen and oxygen atoms in total. The van der Waals surface area contributed by atoms with E-state index in [9.17, 15) is 0 Å². The first kappa shape index (κ1) is 35.6. The largest absolute Gasteiger partial charge is 0.394 e.